The van der Waals surface area contributed by atoms with E-state index in [0.29, 0.717) is 23.4 Å². The van der Waals surface area contributed by atoms with Crippen LogP contribution in [0.2, 0.25) is 0 Å². The largest absolute Gasteiger partial charge is 0.485 e. The Labute approximate surface area is 182 Å². The third-order valence-corrected chi connectivity index (χ3v) is 5.26. The van der Waals surface area contributed by atoms with Crippen LogP contribution in [0.5, 0.6) is 5.75 Å². The lowest BCUT2D eigenvalue weighted by Gasteiger charge is -2.46. The molecule has 3 N–H and O–H groups in total. The summed E-state index contributed by atoms with van der Waals surface area (Å²) >= 11 is 0. The SMILES string of the molecule is CC(C)(C)OC(=O)N(CCc1ccc(F)cc1)[C@H]1c2ccc(N)cc2OC(C)(C)[C@@H]1O. The Hall–Kier alpha value is -2.80. The van der Waals surface area contributed by atoms with Crippen molar-refractivity contribution in [1.29, 1.82) is 0 Å². The Morgan fingerprint density at radius 3 is 2.48 bits per heavy atom. The molecule has 2 aromatic rings. The second kappa shape index (κ2) is 8.38. The van der Waals surface area contributed by atoms with E-state index in [1.165, 1.54) is 17.0 Å². The number of ether oxygens (including phenoxy) is 2. The fourth-order valence-corrected chi connectivity index (χ4v) is 3.68. The third-order valence-electron chi connectivity index (χ3n) is 5.26. The van der Waals surface area contributed by atoms with Crippen LogP contribution in [-0.4, -0.2) is 40.0 Å². The Balaban J connectivity index is 2.00. The van der Waals surface area contributed by atoms with E-state index in [-0.39, 0.29) is 12.4 Å². The molecule has 2 aromatic carbocycles. The molecule has 1 amide bonds. The molecule has 1 heterocycles. The predicted octanol–water partition coefficient (Wildman–Crippen LogP) is 4.46. The molecular formula is C24H31FN2O4. The molecule has 0 bridgehead atoms. The van der Waals surface area contributed by atoms with Gasteiger partial charge in [0.1, 0.15) is 28.9 Å². The molecule has 2 atom stereocenters. The second-order valence-corrected chi connectivity index (χ2v) is 9.44. The highest BCUT2D eigenvalue weighted by Gasteiger charge is 2.47. The van der Waals surface area contributed by atoms with Gasteiger partial charge in [-0.25, -0.2) is 9.18 Å². The van der Waals surface area contributed by atoms with E-state index >= 15 is 0 Å². The molecule has 1 aliphatic heterocycles. The molecule has 7 heteroatoms. The van der Waals surface area contributed by atoms with Crippen LogP contribution < -0.4 is 10.5 Å². The Morgan fingerprint density at radius 2 is 1.87 bits per heavy atom. The van der Waals surface area contributed by atoms with Crippen molar-refractivity contribution in [3.05, 3.63) is 59.4 Å². The Bertz CT molecular complexity index is 938. The second-order valence-electron chi connectivity index (χ2n) is 9.44. The Morgan fingerprint density at radius 1 is 1.23 bits per heavy atom. The van der Waals surface area contributed by atoms with Gasteiger partial charge in [-0.3, -0.25) is 4.90 Å². The first-order valence-corrected chi connectivity index (χ1v) is 10.4. The number of aliphatic hydroxyl groups is 1. The fourth-order valence-electron chi connectivity index (χ4n) is 3.68. The summed E-state index contributed by atoms with van der Waals surface area (Å²) in [6.07, 6.45) is -1.09. The van der Waals surface area contributed by atoms with Gasteiger partial charge in [0.2, 0.25) is 0 Å². The smallest absolute Gasteiger partial charge is 0.410 e. The predicted molar refractivity (Wildman–Crippen MR) is 117 cm³/mol. The van der Waals surface area contributed by atoms with Crippen LogP contribution >= 0.6 is 0 Å². The topological polar surface area (TPSA) is 85.0 Å². The van der Waals surface area contributed by atoms with E-state index in [0.717, 1.165) is 5.56 Å². The minimum absolute atomic E-state index is 0.266. The van der Waals surface area contributed by atoms with Gasteiger partial charge in [-0.1, -0.05) is 18.2 Å². The molecule has 1 aliphatic rings. The fraction of sp³-hybridized carbons (Fsp3) is 0.458. The number of anilines is 1. The average Bonchev–Trinajstić information content (AvgIpc) is 2.64. The number of carbonyl (C=O) groups is 1. The van der Waals surface area contributed by atoms with E-state index in [4.69, 9.17) is 15.2 Å². The van der Waals surface area contributed by atoms with E-state index in [9.17, 15) is 14.3 Å². The molecule has 6 nitrogen and oxygen atoms in total. The van der Waals surface area contributed by atoms with E-state index in [1.54, 1.807) is 65.0 Å². The van der Waals surface area contributed by atoms with E-state index < -0.39 is 29.4 Å². The number of hydrogen-bond donors (Lipinski definition) is 2. The number of rotatable bonds is 4. The van der Waals surface area contributed by atoms with Crippen molar-refractivity contribution >= 4 is 11.8 Å². The van der Waals surface area contributed by atoms with Crippen molar-refractivity contribution in [2.45, 2.75) is 64.4 Å². The lowest BCUT2D eigenvalue weighted by Crippen LogP contribution is -2.55. The Kier molecular flexibility index (Phi) is 6.18. The highest BCUT2D eigenvalue weighted by Crippen LogP contribution is 2.44. The first-order valence-electron chi connectivity index (χ1n) is 10.4. The molecule has 0 radical (unpaired) electrons. The quantitative estimate of drug-likeness (QED) is 0.700. The highest BCUT2D eigenvalue weighted by molar-refractivity contribution is 5.70. The molecule has 0 aliphatic carbocycles. The summed E-state index contributed by atoms with van der Waals surface area (Å²) in [6, 6.07) is 10.6. The van der Waals surface area contributed by atoms with Gasteiger partial charge < -0.3 is 20.3 Å². The molecule has 0 unspecified atom stereocenters. The van der Waals surface area contributed by atoms with Gasteiger partial charge in [0.25, 0.3) is 0 Å². The first kappa shape index (κ1) is 22.9. The molecular weight excluding hydrogens is 399 g/mol. The van der Waals surface area contributed by atoms with Gasteiger partial charge in [-0.05, 0) is 64.8 Å². The molecule has 0 aromatic heterocycles. The summed E-state index contributed by atoms with van der Waals surface area (Å²) in [7, 11) is 0. The van der Waals surface area contributed by atoms with Gasteiger partial charge in [0.15, 0.2) is 0 Å². The molecule has 168 valence electrons. The van der Waals surface area contributed by atoms with Gasteiger partial charge in [0.05, 0.1) is 6.04 Å². The standard InChI is InChI=1S/C24H31FN2O4/c1-23(2,3)31-22(29)27(13-12-15-6-8-16(25)9-7-15)20-18-11-10-17(26)14-19(18)30-24(4,5)21(20)28/h6-11,14,20-21,28H,12-13,26H2,1-5H3/t20-,21+/m0/s1. The van der Waals surface area contributed by atoms with Crippen LogP contribution in [0.4, 0.5) is 14.9 Å². The van der Waals surface area contributed by atoms with Gasteiger partial charge >= 0.3 is 6.09 Å². The zero-order chi connectivity index (χ0) is 23.0. The molecule has 0 spiro atoms. The third kappa shape index (κ3) is 5.28. The minimum atomic E-state index is -1.01. The summed E-state index contributed by atoms with van der Waals surface area (Å²) in [6.45, 7) is 9.18. The molecule has 0 saturated carbocycles. The normalized spacial score (nSPS) is 19.8. The number of nitrogen functional groups attached to an aromatic ring is 1. The molecule has 0 fully saturated rings. The van der Waals surface area contributed by atoms with Crippen molar-refractivity contribution < 1.29 is 23.8 Å². The zero-order valence-electron chi connectivity index (χ0n) is 18.7. The van der Waals surface area contributed by atoms with Crippen LogP contribution in [0.1, 0.15) is 51.8 Å². The molecule has 0 saturated heterocycles. The lowest BCUT2D eigenvalue weighted by atomic mass is 9.85. The van der Waals surface area contributed by atoms with Crippen molar-refractivity contribution in [3.63, 3.8) is 0 Å². The van der Waals surface area contributed by atoms with E-state index in [2.05, 4.69) is 0 Å². The van der Waals surface area contributed by atoms with E-state index in [1.807, 2.05) is 0 Å². The number of fused-ring (bicyclic) bond motifs is 1. The maximum absolute atomic E-state index is 13.3. The van der Waals surface area contributed by atoms with Gasteiger partial charge in [0, 0.05) is 23.9 Å². The minimum Gasteiger partial charge on any atom is -0.485 e. The average molecular weight is 431 g/mol. The van der Waals surface area contributed by atoms with Crippen LogP contribution in [0.15, 0.2) is 42.5 Å². The zero-order valence-corrected chi connectivity index (χ0v) is 18.7. The van der Waals surface area contributed by atoms with Crippen molar-refractivity contribution in [2.75, 3.05) is 12.3 Å². The van der Waals surface area contributed by atoms with Crippen molar-refractivity contribution in [1.82, 2.24) is 4.90 Å². The number of hydrogen-bond acceptors (Lipinski definition) is 5. The summed E-state index contributed by atoms with van der Waals surface area (Å²) in [5.41, 5.74) is 6.33. The molecule has 3 rings (SSSR count). The van der Waals surface area contributed by atoms with Crippen LogP contribution in [0, 0.1) is 5.82 Å². The highest BCUT2D eigenvalue weighted by atomic mass is 19.1. The summed E-state index contributed by atoms with van der Waals surface area (Å²) in [5, 5.41) is 11.2. The summed E-state index contributed by atoms with van der Waals surface area (Å²) < 4.78 is 24.9. The molecule has 31 heavy (non-hydrogen) atoms. The number of aliphatic hydroxyl groups excluding tert-OH is 1. The van der Waals surface area contributed by atoms with Crippen LogP contribution in [-0.2, 0) is 11.2 Å². The maximum atomic E-state index is 13.3. The van der Waals surface area contributed by atoms with Crippen LogP contribution in [0.3, 0.4) is 0 Å². The number of halogens is 1. The number of carbonyl (C=O) groups excluding carboxylic acids is 1. The van der Waals surface area contributed by atoms with Crippen molar-refractivity contribution in [3.8, 4) is 5.75 Å². The summed E-state index contributed by atoms with van der Waals surface area (Å²) in [5.74, 6) is 0.205. The van der Waals surface area contributed by atoms with Crippen molar-refractivity contribution in [2.24, 2.45) is 0 Å². The number of nitrogens with two attached hydrogens (primary N) is 1. The summed E-state index contributed by atoms with van der Waals surface area (Å²) in [4.78, 5) is 14.8. The lowest BCUT2D eigenvalue weighted by molar-refractivity contribution is -0.0937. The number of amides is 1. The van der Waals surface area contributed by atoms with Gasteiger partial charge in [-0.15, -0.1) is 0 Å². The van der Waals surface area contributed by atoms with Gasteiger partial charge in [-0.2, -0.15) is 0 Å². The van der Waals surface area contributed by atoms with Crippen LogP contribution in [0.25, 0.3) is 0 Å². The maximum Gasteiger partial charge on any atom is 0.410 e. The monoisotopic (exact) mass is 430 g/mol. The number of benzene rings is 2. The first-order chi connectivity index (χ1) is 14.4. The number of nitrogens with zero attached hydrogens (tertiary/aromatic N) is 1.